The number of aryl methyl sites for hydroxylation is 1. The number of rotatable bonds is 5. The second-order valence-corrected chi connectivity index (χ2v) is 8.26. The first-order chi connectivity index (χ1) is 16.1. The molecule has 1 aliphatic rings. The monoisotopic (exact) mass is 437 g/mol. The van der Waals surface area contributed by atoms with Gasteiger partial charge in [-0.2, -0.15) is 5.10 Å². The van der Waals surface area contributed by atoms with Crippen molar-refractivity contribution in [1.82, 2.24) is 24.6 Å². The molecular weight excluding hydrogens is 410 g/mol. The van der Waals surface area contributed by atoms with Gasteiger partial charge in [0, 0.05) is 72.8 Å². The first kappa shape index (κ1) is 20.9. The van der Waals surface area contributed by atoms with Gasteiger partial charge in [0.2, 0.25) is 0 Å². The maximum absolute atomic E-state index is 4.66. The predicted molar refractivity (Wildman–Crippen MR) is 135 cm³/mol. The zero-order valence-electron chi connectivity index (χ0n) is 19.0. The van der Waals surface area contributed by atoms with E-state index in [0.717, 1.165) is 65.4 Å². The summed E-state index contributed by atoms with van der Waals surface area (Å²) in [5, 5.41) is 5.72. The molecule has 3 aromatic heterocycles. The maximum Gasteiger partial charge on any atom is 0.162 e. The number of aliphatic imine (C=N–C) groups is 1. The zero-order valence-corrected chi connectivity index (χ0v) is 19.0. The summed E-state index contributed by atoms with van der Waals surface area (Å²) in [6.07, 6.45) is 7.61. The fourth-order valence-electron chi connectivity index (χ4n) is 4.46. The van der Waals surface area contributed by atoms with E-state index in [9.17, 15) is 0 Å². The summed E-state index contributed by atoms with van der Waals surface area (Å²) in [6.45, 7) is 11.8. The van der Waals surface area contributed by atoms with E-state index in [2.05, 4.69) is 67.8 Å². The molecule has 4 aromatic rings. The van der Waals surface area contributed by atoms with Gasteiger partial charge in [0.05, 0.1) is 11.7 Å². The summed E-state index contributed by atoms with van der Waals surface area (Å²) in [7, 11) is 0. The van der Waals surface area contributed by atoms with Gasteiger partial charge in [-0.15, -0.1) is 0 Å². The van der Waals surface area contributed by atoms with Crippen molar-refractivity contribution in [2.45, 2.75) is 13.8 Å². The van der Waals surface area contributed by atoms with E-state index in [1.807, 2.05) is 54.6 Å². The van der Waals surface area contributed by atoms with Crippen molar-refractivity contribution < 1.29 is 0 Å². The van der Waals surface area contributed by atoms with Crippen LogP contribution in [0.1, 0.15) is 12.6 Å². The van der Waals surface area contributed by atoms with E-state index < -0.39 is 0 Å². The number of anilines is 1. The lowest BCUT2D eigenvalue weighted by Gasteiger charge is -2.37. The number of hydrogen-bond acceptors (Lipinski definition) is 6. The average Bonchev–Trinajstić information content (AvgIpc) is 3.26. The van der Waals surface area contributed by atoms with E-state index in [-0.39, 0.29) is 0 Å². The minimum Gasteiger partial charge on any atom is -0.370 e. The molecule has 0 spiro atoms. The summed E-state index contributed by atoms with van der Waals surface area (Å²) >= 11 is 0. The average molecular weight is 438 g/mol. The summed E-state index contributed by atoms with van der Waals surface area (Å²) < 4.78 is 1.83. The van der Waals surface area contributed by atoms with Gasteiger partial charge in [-0.05, 0) is 50.4 Å². The second-order valence-electron chi connectivity index (χ2n) is 8.26. The number of aromatic nitrogens is 4. The van der Waals surface area contributed by atoms with Crippen molar-refractivity contribution >= 4 is 35.3 Å². The van der Waals surface area contributed by atoms with E-state index in [0.29, 0.717) is 0 Å². The number of allylic oxidation sites excluding steroid dienone is 1. The largest absolute Gasteiger partial charge is 0.370 e. The molecule has 0 aliphatic carbocycles. The topological polar surface area (TPSA) is 62.4 Å². The molecule has 0 N–H and O–H groups in total. The Morgan fingerprint density at radius 2 is 1.79 bits per heavy atom. The molecule has 33 heavy (non-hydrogen) atoms. The Hall–Kier alpha value is -4.00. The minimum absolute atomic E-state index is 0.737. The molecule has 7 heteroatoms. The van der Waals surface area contributed by atoms with Crippen LogP contribution in [0.15, 0.2) is 71.7 Å². The van der Waals surface area contributed by atoms with E-state index in [4.69, 9.17) is 0 Å². The number of benzene rings is 1. The molecule has 0 unspecified atom stereocenters. The molecular formula is C26H27N7. The van der Waals surface area contributed by atoms with Crippen molar-refractivity contribution in [2.75, 3.05) is 31.1 Å². The van der Waals surface area contributed by atoms with Gasteiger partial charge in [-0.1, -0.05) is 18.2 Å². The Labute approximate surface area is 193 Å². The van der Waals surface area contributed by atoms with Crippen LogP contribution in [0.25, 0.3) is 28.2 Å². The third kappa shape index (κ3) is 4.09. The Bertz CT molecular complexity index is 1320. The molecule has 1 aromatic carbocycles. The number of nitrogens with zero attached hydrogens (tertiary/aromatic N) is 7. The molecule has 4 heterocycles. The van der Waals surface area contributed by atoms with Gasteiger partial charge in [-0.25, -0.2) is 9.67 Å². The highest BCUT2D eigenvalue weighted by Crippen LogP contribution is 2.35. The predicted octanol–water partition coefficient (Wildman–Crippen LogP) is 4.77. The quantitative estimate of drug-likeness (QED) is 0.421. The van der Waals surface area contributed by atoms with Crippen molar-refractivity contribution in [3.63, 3.8) is 0 Å². The summed E-state index contributed by atoms with van der Waals surface area (Å²) in [5.74, 6) is 0.737. The van der Waals surface area contributed by atoms with E-state index in [1.165, 1.54) is 5.69 Å². The van der Waals surface area contributed by atoms with Gasteiger partial charge in [0.1, 0.15) is 0 Å². The number of para-hydroxylation sites is 1. The van der Waals surface area contributed by atoms with Crippen LogP contribution in [-0.4, -0.2) is 57.5 Å². The van der Waals surface area contributed by atoms with E-state index in [1.54, 1.807) is 0 Å². The second kappa shape index (κ2) is 8.86. The standard InChI is InChI=1S/C26H27N7/c1-19-16-23(22-6-4-5-7-25(22)30-19)24-17-29-33(26(24)27-3)18-20(2)31-12-14-32(15-13-31)21-8-10-28-11-9-21/h4-11,16-18H,3,12-15H2,1-2H3/b20-18+. The van der Waals surface area contributed by atoms with Crippen LogP contribution in [0.2, 0.25) is 0 Å². The number of hydrogen-bond donors (Lipinski definition) is 0. The van der Waals surface area contributed by atoms with Gasteiger partial charge in [-0.3, -0.25) is 9.97 Å². The lowest BCUT2D eigenvalue weighted by molar-refractivity contribution is 0.323. The van der Waals surface area contributed by atoms with Gasteiger partial charge < -0.3 is 9.80 Å². The molecule has 166 valence electrons. The fourth-order valence-corrected chi connectivity index (χ4v) is 4.46. The molecule has 0 atom stereocenters. The lowest BCUT2D eigenvalue weighted by Crippen LogP contribution is -2.45. The van der Waals surface area contributed by atoms with Crippen LogP contribution in [0.3, 0.4) is 0 Å². The fraction of sp³-hybridized carbons (Fsp3) is 0.231. The first-order valence-electron chi connectivity index (χ1n) is 11.1. The van der Waals surface area contributed by atoms with Crippen molar-refractivity contribution in [3.05, 3.63) is 72.4 Å². The lowest BCUT2D eigenvalue weighted by atomic mass is 10.0. The van der Waals surface area contributed by atoms with E-state index >= 15 is 0 Å². The molecule has 7 nitrogen and oxygen atoms in total. The number of piperazine rings is 1. The summed E-state index contributed by atoms with van der Waals surface area (Å²) in [5.41, 5.74) is 6.34. The van der Waals surface area contributed by atoms with Crippen LogP contribution in [0.4, 0.5) is 11.5 Å². The van der Waals surface area contributed by atoms with Crippen LogP contribution in [-0.2, 0) is 0 Å². The summed E-state index contributed by atoms with van der Waals surface area (Å²) in [4.78, 5) is 17.9. The number of pyridine rings is 2. The first-order valence-corrected chi connectivity index (χ1v) is 11.1. The van der Waals surface area contributed by atoms with Crippen molar-refractivity contribution in [3.8, 4) is 11.1 Å². The molecule has 0 amide bonds. The molecule has 0 saturated carbocycles. The van der Waals surface area contributed by atoms with Crippen LogP contribution < -0.4 is 4.90 Å². The molecule has 1 aliphatic heterocycles. The number of fused-ring (bicyclic) bond motifs is 1. The van der Waals surface area contributed by atoms with Crippen LogP contribution in [0, 0.1) is 6.92 Å². The Kier molecular flexibility index (Phi) is 5.60. The zero-order chi connectivity index (χ0) is 22.8. The normalized spacial score (nSPS) is 14.7. The minimum atomic E-state index is 0.737. The van der Waals surface area contributed by atoms with Gasteiger partial charge in [0.15, 0.2) is 5.82 Å². The van der Waals surface area contributed by atoms with Gasteiger partial charge in [0.25, 0.3) is 0 Å². The molecule has 1 saturated heterocycles. The van der Waals surface area contributed by atoms with Crippen molar-refractivity contribution in [1.29, 1.82) is 0 Å². The highest BCUT2D eigenvalue weighted by atomic mass is 15.3. The van der Waals surface area contributed by atoms with Crippen LogP contribution >= 0.6 is 0 Å². The maximum atomic E-state index is 4.66. The third-order valence-electron chi connectivity index (χ3n) is 6.17. The van der Waals surface area contributed by atoms with Crippen molar-refractivity contribution in [2.24, 2.45) is 4.99 Å². The highest BCUT2D eigenvalue weighted by molar-refractivity contribution is 5.97. The molecule has 5 rings (SSSR count). The third-order valence-corrected chi connectivity index (χ3v) is 6.17. The Morgan fingerprint density at radius 3 is 2.55 bits per heavy atom. The highest BCUT2D eigenvalue weighted by Gasteiger charge is 2.19. The SMILES string of the molecule is C=Nc1c(-c2cc(C)nc3ccccc23)cnn1/C=C(\C)N1CCN(c2ccncc2)CC1. The summed E-state index contributed by atoms with van der Waals surface area (Å²) in [6, 6.07) is 14.4. The Morgan fingerprint density at radius 1 is 1.03 bits per heavy atom. The molecule has 0 bridgehead atoms. The smallest absolute Gasteiger partial charge is 0.162 e. The molecule has 1 fully saturated rings. The Balaban J connectivity index is 1.41. The van der Waals surface area contributed by atoms with Crippen LogP contribution in [0.5, 0.6) is 0 Å². The van der Waals surface area contributed by atoms with Gasteiger partial charge >= 0.3 is 0 Å². The molecule has 0 radical (unpaired) electrons.